The van der Waals surface area contributed by atoms with Gasteiger partial charge in [0.25, 0.3) is 0 Å². The number of nitrogens with zero attached hydrogens (tertiary/aromatic N) is 3. The Kier molecular flexibility index (Phi) is 5.36. The van der Waals surface area contributed by atoms with Crippen LogP contribution in [0.1, 0.15) is 38.6 Å². The van der Waals surface area contributed by atoms with E-state index in [1.54, 1.807) is 6.20 Å². The highest BCUT2D eigenvalue weighted by atomic mass is 16.5. The molecular weight excluding hydrogens is 292 g/mol. The van der Waals surface area contributed by atoms with Gasteiger partial charge in [-0.25, -0.2) is 9.97 Å². The number of rotatable bonds is 7. The normalized spacial score (nSPS) is 11.3. The van der Waals surface area contributed by atoms with E-state index in [0.29, 0.717) is 18.3 Å². The molecule has 0 saturated carbocycles. The maximum Gasteiger partial charge on any atom is 0.222 e. The number of aryl methyl sites for hydroxylation is 1. The maximum atomic E-state index is 5.38. The minimum absolute atomic E-state index is 0.138. The fourth-order valence-electron chi connectivity index (χ4n) is 2.15. The molecule has 23 heavy (non-hydrogen) atoms. The first kappa shape index (κ1) is 17.0. The summed E-state index contributed by atoms with van der Waals surface area (Å²) in [6.45, 7) is 13.1. The van der Waals surface area contributed by atoms with Gasteiger partial charge < -0.3 is 14.6 Å². The minimum atomic E-state index is -0.138. The van der Waals surface area contributed by atoms with E-state index < -0.39 is 0 Å². The lowest BCUT2D eigenvalue weighted by atomic mass is 9.88. The first-order valence-electron chi connectivity index (χ1n) is 7.69. The molecule has 0 bridgehead atoms. The van der Waals surface area contributed by atoms with Crippen LogP contribution in [0, 0.1) is 6.92 Å². The molecule has 6 nitrogen and oxygen atoms in total. The summed E-state index contributed by atoms with van der Waals surface area (Å²) in [5, 5.41) is 7.17. The maximum absolute atomic E-state index is 5.38. The number of hydrogen-bond acceptors (Lipinski definition) is 6. The van der Waals surface area contributed by atoms with Crippen LogP contribution in [-0.2, 0) is 10.2 Å². The lowest BCUT2D eigenvalue weighted by Crippen LogP contribution is -2.18. The highest BCUT2D eigenvalue weighted by Gasteiger charge is 2.23. The van der Waals surface area contributed by atoms with Crippen molar-refractivity contribution in [3.63, 3.8) is 0 Å². The van der Waals surface area contributed by atoms with Gasteiger partial charge in [0, 0.05) is 24.2 Å². The summed E-state index contributed by atoms with van der Waals surface area (Å²) in [4.78, 5) is 9.06. The molecule has 0 saturated heterocycles. The summed E-state index contributed by atoms with van der Waals surface area (Å²) in [6.07, 6.45) is 4.09. The molecular formula is C17H24N4O2. The Balaban J connectivity index is 2.20. The van der Waals surface area contributed by atoms with Crippen LogP contribution in [0.2, 0.25) is 0 Å². The van der Waals surface area contributed by atoms with Crippen LogP contribution in [0.5, 0.6) is 0 Å². The molecule has 0 amide bonds. The fourth-order valence-corrected chi connectivity index (χ4v) is 2.15. The van der Waals surface area contributed by atoms with Crippen molar-refractivity contribution in [2.24, 2.45) is 0 Å². The smallest absolute Gasteiger partial charge is 0.222 e. The molecule has 0 atom stereocenters. The number of hydrogen-bond donors (Lipinski definition) is 1. The zero-order chi connectivity index (χ0) is 16.9. The van der Waals surface area contributed by atoms with Gasteiger partial charge in [0.1, 0.15) is 0 Å². The van der Waals surface area contributed by atoms with Gasteiger partial charge >= 0.3 is 0 Å². The van der Waals surface area contributed by atoms with Gasteiger partial charge in [0.05, 0.1) is 29.8 Å². The van der Waals surface area contributed by atoms with Crippen molar-refractivity contribution in [2.75, 3.05) is 18.5 Å². The Morgan fingerprint density at radius 1 is 1.39 bits per heavy atom. The van der Waals surface area contributed by atoms with Crippen LogP contribution in [0.25, 0.3) is 11.3 Å². The Bertz CT molecular complexity index is 659. The SMILES string of the molecule is C=COCCCNc1ncc(-c2cc(C)no2)c(C(C)(C)C)n1. The molecule has 0 aromatic carbocycles. The topological polar surface area (TPSA) is 73.1 Å². The minimum Gasteiger partial charge on any atom is -0.502 e. The van der Waals surface area contributed by atoms with Crippen LogP contribution in [-0.4, -0.2) is 28.3 Å². The summed E-state index contributed by atoms with van der Waals surface area (Å²) in [6, 6.07) is 1.90. The third-order valence-corrected chi connectivity index (χ3v) is 3.23. The quantitative estimate of drug-likeness (QED) is 0.620. The second-order valence-corrected chi connectivity index (χ2v) is 6.36. The average Bonchev–Trinajstić information content (AvgIpc) is 2.92. The lowest BCUT2D eigenvalue weighted by Gasteiger charge is -2.21. The van der Waals surface area contributed by atoms with E-state index in [0.717, 1.165) is 29.9 Å². The average molecular weight is 316 g/mol. The van der Waals surface area contributed by atoms with Gasteiger partial charge in [-0.05, 0) is 13.3 Å². The monoisotopic (exact) mass is 316 g/mol. The van der Waals surface area contributed by atoms with Gasteiger partial charge in [-0.15, -0.1) is 0 Å². The van der Waals surface area contributed by atoms with Crippen molar-refractivity contribution in [2.45, 2.75) is 39.5 Å². The molecule has 124 valence electrons. The van der Waals surface area contributed by atoms with Gasteiger partial charge in [0.15, 0.2) is 5.76 Å². The number of nitrogens with one attached hydrogen (secondary N) is 1. The third kappa shape index (κ3) is 4.55. The molecule has 6 heteroatoms. The lowest BCUT2D eigenvalue weighted by molar-refractivity contribution is 0.249. The van der Waals surface area contributed by atoms with E-state index in [2.05, 4.69) is 47.8 Å². The predicted octanol–water partition coefficient (Wildman–Crippen LogP) is 3.70. The molecule has 0 spiro atoms. The highest BCUT2D eigenvalue weighted by molar-refractivity contribution is 5.61. The van der Waals surface area contributed by atoms with E-state index in [1.165, 1.54) is 6.26 Å². The van der Waals surface area contributed by atoms with E-state index >= 15 is 0 Å². The number of ether oxygens (including phenoxy) is 1. The summed E-state index contributed by atoms with van der Waals surface area (Å²) in [7, 11) is 0. The van der Waals surface area contributed by atoms with Crippen molar-refractivity contribution in [3.8, 4) is 11.3 Å². The van der Waals surface area contributed by atoms with Crippen molar-refractivity contribution in [1.29, 1.82) is 0 Å². The number of aromatic nitrogens is 3. The Morgan fingerprint density at radius 2 is 2.17 bits per heavy atom. The standard InChI is InChI=1S/C17H24N4O2/c1-6-22-9-7-8-18-16-19-11-13(14-10-12(2)21-23-14)15(20-16)17(3,4)5/h6,10-11H,1,7-9H2,2-5H3,(H,18,19,20). The third-order valence-electron chi connectivity index (χ3n) is 3.23. The number of anilines is 1. The molecule has 0 aliphatic carbocycles. The summed E-state index contributed by atoms with van der Waals surface area (Å²) in [5.41, 5.74) is 2.50. The molecule has 2 rings (SSSR count). The van der Waals surface area contributed by atoms with Crippen LogP contribution in [0.15, 0.2) is 29.6 Å². The Labute approximate surface area is 137 Å². The molecule has 2 aromatic rings. The second-order valence-electron chi connectivity index (χ2n) is 6.36. The Morgan fingerprint density at radius 3 is 2.78 bits per heavy atom. The van der Waals surface area contributed by atoms with E-state index in [1.807, 2.05) is 13.0 Å². The molecule has 0 unspecified atom stereocenters. The molecule has 1 N–H and O–H groups in total. The highest BCUT2D eigenvalue weighted by Crippen LogP contribution is 2.32. The van der Waals surface area contributed by atoms with Gasteiger partial charge in [-0.1, -0.05) is 32.5 Å². The van der Waals surface area contributed by atoms with Crippen molar-refractivity contribution >= 4 is 5.95 Å². The second kappa shape index (κ2) is 7.26. The van der Waals surface area contributed by atoms with E-state index in [9.17, 15) is 0 Å². The molecule has 2 aromatic heterocycles. The van der Waals surface area contributed by atoms with E-state index in [4.69, 9.17) is 9.26 Å². The van der Waals surface area contributed by atoms with Crippen LogP contribution in [0.3, 0.4) is 0 Å². The molecule has 0 fully saturated rings. The zero-order valence-corrected chi connectivity index (χ0v) is 14.2. The fraction of sp³-hybridized carbons (Fsp3) is 0.471. The van der Waals surface area contributed by atoms with Crippen LogP contribution >= 0.6 is 0 Å². The first-order valence-corrected chi connectivity index (χ1v) is 7.69. The van der Waals surface area contributed by atoms with Gasteiger partial charge in [0.2, 0.25) is 5.95 Å². The van der Waals surface area contributed by atoms with Crippen LogP contribution < -0.4 is 5.32 Å². The summed E-state index contributed by atoms with van der Waals surface area (Å²) in [5.74, 6) is 1.30. The summed E-state index contributed by atoms with van der Waals surface area (Å²) >= 11 is 0. The van der Waals surface area contributed by atoms with Crippen LogP contribution in [0.4, 0.5) is 5.95 Å². The molecule has 2 heterocycles. The molecule has 0 aliphatic rings. The molecule has 0 aliphatic heterocycles. The van der Waals surface area contributed by atoms with E-state index in [-0.39, 0.29) is 5.41 Å². The largest absolute Gasteiger partial charge is 0.502 e. The van der Waals surface area contributed by atoms with Gasteiger partial charge in [-0.2, -0.15) is 0 Å². The Hall–Kier alpha value is -2.37. The predicted molar refractivity (Wildman–Crippen MR) is 90.2 cm³/mol. The summed E-state index contributed by atoms with van der Waals surface area (Å²) < 4.78 is 10.5. The zero-order valence-electron chi connectivity index (χ0n) is 14.2. The first-order chi connectivity index (χ1) is 10.9. The van der Waals surface area contributed by atoms with Gasteiger partial charge in [-0.3, -0.25) is 0 Å². The molecule has 0 radical (unpaired) electrons. The van der Waals surface area contributed by atoms with Crippen molar-refractivity contribution in [1.82, 2.24) is 15.1 Å². The van der Waals surface area contributed by atoms with Crippen molar-refractivity contribution < 1.29 is 9.26 Å². The van der Waals surface area contributed by atoms with Crippen molar-refractivity contribution in [3.05, 3.63) is 36.5 Å².